The van der Waals surface area contributed by atoms with E-state index in [0.29, 0.717) is 25.8 Å². The lowest BCUT2D eigenvalue weighted by atomic mass is 9.83. The number of nitriles is 1. The Kier molecular flexibility index (Phi) is 2.81. The average molecular weight is 166 g/mol. The highest BCUT2D eigenvalue weighted by molar-refractivity contribution is 5.96. The van der Waals surface area contributed by atoms with Crippen molar-refractivity contribution in [3.8, 4) is 6.07 Å². The summed E-state index contributed by atoms with van der Waals surface area (Å²) in [6.07, 6.45) is 1.07. The summed E-state index contributed by atoms with van der Waals surface area (Å²) in [5, 5.41) is 10.8. The molecule has 0 aromatic rings. The number of nitrogens with one attached hydrogen (secondary N) is 1. The van der Waals surface area contributed by atoms with Crippen molar-refractivity contribution in [3.63, 3.8) is 0 Å². The molecule has 0 heterocycles. The summed E-state index contributed by atoms with van der Waals surface area (Å²) >= 11 is 0. The summed E-state index contributed by atoms with van der Waals surface area (Å²) in [5.41, 5.74) is 0. The second-order valence-corrected chi connectivity index (χ2v) is 2.84. The van der Waals surface area contributed by atoms with Crippen molar-refractivity contribution < 1.29 is 9.59 Å². The summed E-state index contributed by atoms with van der Waals surface area (Å²) in [7, 11) is 0. The summed E-state index contributed by atoms with van der Waals surface area (Å²) in [6.45, 7) is 0.389. The van der Waals surface area contributed by atoms with Gasteiger partial charge in [-0.2, -0.15) is 5.26 Å². The fraction of sp³-hybridized carbons (Fsp3) is 0.625. The Bertz CT molecular complexity index is 234. The van der Waals surface area contributed by atoms with E-state index in [1.807, 2.05) is 6.07 Å². The van der Waals surface area contributed by atoms with Crippen LogP contribution in [0, 0.1) is 17.2 Å². The number of amides is 1. The number of Topliss-reactive ketones (excluding diaryl/α,β-unsaturated/α-hetero) is 1. The Morgan fingerprint density at radius 1 is 1.67 bits per heavy atom. The first kappa shape index (κ1) is 8.72. The highest BCUT2D eigenvalue weighted by atomic mass is 16.2. The van der Waals surface area contributed by atoms with Crippen LogP contribution in [0.5, 0.6) is 0 Å². The van der Waals surface area contributed by atoms with Crippen LogP contribution in [-0.4, -0.2) is 18.2 Å². The summed E-state index contributed by atoms with van der Waals surface area (Å²) in [5.74, 6) is -0.0727. The van der Waals surface area contributed by atoms with E-state index in [2.05, 4.69) is 5.32 Å². The maximum Gasteiger partial charge on any atom is 0.224 e. The number of rotatable bonds is 3. The largest absolute Gasteiger partial charge is 0.355 e. The molecule has 1 amide bonds. The van der Waals surface area contributed by atoms with Gasteiger partial charge in [-0.1, -0.05) is 0 Å². The zero-order valence-electron chi connectivity index (χ0n) is 6.67. The SMILES string of the molecule is N#CCCNC(=O)C1CC(=O)C1. The van der Waals surface area contributed by atoms with Crippen LogP contribution in [-0.2, 0) is 9.59 Å². The molecule has 0 bridgehead atoms. The van der Waals surface area contributed by atoms with Crippen LogP contribution in [0.2, 0.25) is 0 Å². The fourth-order valence-corrected chi connectivity index (χ4v) is 1.06. The van der Waals surface area contributed by atoms with Gasteiger partial charge < -0.3 is 5.32 Å². The minimum absolute atomic E-state index is 0.0927. The lowest BCUT2D eigenvalue weighted by molar-refractivity contribution is -0.137. The highest BCUT2D eigenvalue weighted by Gasteiger charge is 2.32. The average Bonchev–Trinajstić information content (AvgIpc) is 1.99. The van der Waals surface area contributed by atoms with Crippen molar-refractivity contribution >= 4 is 11.7 Å². The molecule has 0 spiro atoms. The van der Waals surface area contributed by atoms with Gasteiger partial charge in [0.1, 0.15) is 5.78 Å². The molecule has 1 saturated carbocycles. The molecular weight excluding hydrogens is 156 g/mol. The first-order chi connectivity index (χ1) is 5.74. The van der Waals surface area contributed by atoms with Crippen molar-refractivity contribution in [2.24, 2.45) is 5.92 Å². The molecule has 4 nitrogen and oxygen atoms in total. The maximum absolute atomic E-state index is 11.1. The van der Waals surface area contributed by atoms with Crippen LogP contribution in [0.4, 0.5) is 0 Å². The van der Waals surface area contributed by atoms with Gasteiger partial charge in [-0.3, -0.25) is 9.59 Å². The van der Waals surface area contributed by atoms with Crippen molar-refractivity contribution in [2.45, 2.75) is 19.3 Å². The molecule has 0 aromatic heterocycles. The number of ketones is 1. The molecule has 0 aliphatic heterocycles. The smallest absolute Gasteiger partial charge is 0.224 e. The standard InChI is InChI=1S/C8H10N2O2/c9-2-1-3-10-8(12)6-4-7(11)5-6/h6H,1,3-5H2,(H,10,12). The number of carbonyl (C=O) groups is 2. The van der Waals surface area contributed by atoms with Gasteiger partial charge in [0.15, 0.2) is 0 Å². The molecule has 0 saturated heterocycles. The normalized spacial score (nSPS) is 16.4. The van der Waals surface area contributed by atoms with E-state index in [0.717, 1.165) is 0 Å². The Morgan fingerprint density at radius 2 is 2.33 bits per heavy atom. The van der Waals surface area contributed by atoms with Gasteiger partial charge in [-0.05, 0) is 0 Å². The summed E-state index contributed by atoms with van der Waals surface area (Å²) < 4.78 is 0. The third-order valence-electron chi connectivity index (χ3n) is 1.85. The topological polar surface area (TPSA) is 70.0 Å². The quantitative estimate of drug-likeness (QED) is 0.600. The van der Waals surface area contributed by atoms with Gasteiger partial charge in [0.25, 0.3) is 0 Å². The predicted octanol–water partition coefficient (Wildman–Crippen LogP) is -0.00462. The van der Waals surface area contributed by atoms with Crippen molar-refractivity contribution in [2.75, 3.05) is 6.54 Å². The lowest BCUT2D eigenvalue weighted by Gasteiger charge is -2.22. The van der Waals surface area contributed by atoms with Gasteiger partial charge in [0.2, 0.25) is 5.91 Å². The van der Waals surface area contributed by atoms with Gasteiger partial charge in [-0.15, -0.1) is 0 Å². The van der Waals surface area contributed by atoms with Crippen LogP contribution >= 0.6 is 0 Å². The summed E-state index contributed by atoms with van der Waals surface area (Å²) in [4.78, 5) is 21.6. The van der Waals surface area contributed by atoms with Crippen molar-refractivity contribution in [3.05, 3.63) is 0 Å². The predicted molar refractivity (Wildman–Crippen MR) is 41.0 cm³/mol. The molecule has 1 rings (SSSR count). The molecule has 1 fully saturated rings. The molecule has 64 valence electrons. The Labute approximate surface area is 70.6 Å². The minimum atomic E-state index is -0.129. The third kappa shape index (κ3) is 2.06. The second-order valence-electron chi connectivity index (χ2n) is 2.84. The number of hydrogen-bond acceptors (Lipinski definition) is 3. The maximum atomic E-state index is 11.1. The zero-order valence-corrected chi connectivity index (χ0v) is 6.67. The Morgan fingerprint density at radius 3 is 2.83 bits per heavy atom. The van der Waals surface area contributed by atoms with Crippen LogP contribution in [0.1, 0.15) is 19.3 Å². The minimum Gasteiger partial charge on any atom is -0.355 e. The number of carbonyl (C=O) groups excluding carboxylic acids is 2. The first-order valence-electron chi connectivity index (χ1n) is 3.90. The number of nitrogens with zero attached hydrogens (tertiary/aromatic N) is 1. The molecule has 1 aliphatic rings. The first-order valence-corrected chi connectivity index (χ1v) is 3.90. The van der Waals surface area contributed by atoms with E-state index in [1.165, 1.54) is 0 Å². The Balaban J connectivity index is 2.13. The van der Waals surface area contributed by atoms with Gasteiger partial charge in [0.05, 0.1) is 18.4 Å². The van der Waals surface area contributed by atoms with E-state index in [1.54, 1.807) is 0 Å². The third-order valence-corrected chi connectivity index (χ3v) is 1.85. The molecule has 0 unspecified atom stereocenters. The molecule has 1 aliphatic carbocycles. The second kappa shape index (κ2) is 3.86. The van der Waals surface area contributed by atoms with Crippen LogP contribution in [0.3, 0.4) is 0 Å². The van der Waals surface area contributed by atoms with Gasteiger partial charge >= 0.3 is 0 Å². The molecule has 1 N–H and O–H groups in total. The van der Waals surface area contributed by atoms with Crippen molar-refractivity contribution in [1.29, 1.82) is 5.26 Å². The van der Waals surface area contributed by atoms with E-state index in [-0.39, 0.29) is 17.6 Å². The summed E-state index contributed by atoms with van der Waals surface area (Å²) in [6, 6.07) is 1.93. The van der Waals surface area contributed by atoms with Gasteiger partial charge in [-0.25, -0.2) is 0 Å². The van der Waals surface area contributed by atoms with E-state index in [4.69, 9.17) is 5.26 Å². The van der Waals surface area contributed by atoms with E-state index in [9.17, 15) is 9.59 Å². The van der Waals surface area contributed by atoms with E-state index < -0.39 is 0 Å². The fourth-order valence-electron chi connectivity index (χ4n) is 1.06. The molecule has 12 heavy (non-hydrogen) atoms. The van der Waals surface area contributed by atoms with Crippen LogP contribution in [0.15, 0.2) is 0 Å². The molecular formula is C8H10N2O2. The zero-order chi connectivity index (χ0) is 8.97. The molecule has 4 heteroatoms. The van der Waals surface area contributed by atoms with Gasteiger partial charge in [0, 0.05) is 19.4 Å². The van der Waals surface area contributed by atoms with E-state index >= 15 is 0 Å². The van der Waals surface area contributed by atoms with Crippen LogP contribution < -0.4 is 5.32 Å². The lowest BCUT2D eigenvalue weighted by Crippen LogP contribution is -2.39. The Hall–Kier alpha value is -1.37. The highest BCUT2D eigenvalue weighted by Crippen LogP contribution is 2.22. The monoisotopic (exact) mass is 166 g/mol. The molecule has 0 radical (unpaired) electrons. The van der Waals surface area contributed by atoms with Crippen LogP contribution in [0.25, 0.3) is 0 Å². The number of hydrogen-bond donors (Lipinski definition) is 1. The molecule has 0 atom stereocenters. The van der Waals surface area contributed by atoms with Crippen molar-refractivity contribution in [1.82, 2.24) is 5.32 Å². The molecule has 0 aromatic carbocycles.